The molecule has 86 valence electrons. The fourth-order valence-corrected chi connectivity index (χ4v) is 2.49. The predicted molar refractivity (Wildman–Crippen MR) is 60.2 cm³/mol. The first-order valence-corrected chi connectivity index (χ1v) is 6.26. The van der Waals surface area contributed by atoms with Crippen LogP contribution >= 0.6 is 23.1 Å². The van der Waals surface area contributed by atoms with Gasteiger partial charge in [0.25, 0.3) is 5.92 Å². The molecule has 0 N–H and O–H groups in total. The Morgan fingerprint density at radius 1 is 1.40 bits per heavy atom. The number of hydrogen-bond acceptors (Lipinski definition) is 5. The summed E-state index contributed by atoms with van der Waals surface area (Å²) in [6.07, 6.45) is -0.140. The summed E-state index contributed by atoms with van der Waals surface area (Å²) in [5.41, 5.74) is 0. The lowest BCUT2D eigenvalue weighted by atomic mass is 10.3. The Hall–Kier alpha value is -0.430. The van der Waals surface area contributed by atoms with Crippen LogP contribution in [-0.4, -0.2) is 36.0 Å². The van der Waals surface area contributed by atoms with Gasteiger partial charge in [-0.3, -0.25) is 0 Å². The molecule has 0 saturated heterocycles. The first kappa shape index (κ1) is 12.6. The SMILES string of the molecule is CCC(F)(F)CSc1nnc(N(C)C)s1. The van der Waals surface area contributed by atoms with Crippen molar-refractivity contribution < 1.29 is 8.78 Å². The molecule has 0 saturated carbocycles. The largest absolute Gasteiger partial charge is 0.353 e. The molecule has 1 rings (SSSR count). The standard InChI is InChI=1S/C8H13F2N3S2/c1-4-8(9,10)5-14-7-12-11-6(15-7)13(2)3/h4-5H2,1-3H3. The quantitative estimate of drug-likeness (QED) is 0.755. The Kier molecular flexibility index (Phi) is 4.27. The molecule has 0 unspecified atom stereocenters. The van der Waals surface area contributed by atoms with Gasteiger partial charge < -0.3 is 4.90 Å². The molecule has 3 nitrogen and oxygen atoms in total. The van der Waals surface area contributed by atoms with E-state index in [4.69, 9.17) is 0 Å². The summed E-state index contributed by atoms with van der Waals surface area (Å²) >= 11 is 2.38. The second-order valence-electron chi connectivity index (χ2n) is 3.24. The van der Waals surface area contributed by atoms with Gasteiger partial charge in [0.15, 0.2) is 4.34 Å². The first-order valence-electron chi connectivity index (χ1n) is 4.46. The number of nitrogens with zero attached hydrogens (tertiary/aromatic N) is 3. The minimum atomic E-state index is -2.62. The maximum atomic E-state index is 12.9. The number of rotatable bonds is 5. The van der Waals surface area contributed by atoms with Crippen molar-refractivity contribution >= 4 is 28.2 Å². The van der Waals surface area contributed by atoms with Crippen LogP contribution in [0.15, 0.2) is 4.34 Å². The molecule has 0 fully saturated rings. The third-order valence-electron chi connectivity index (χ3n) is 1.70. The van der Waals surface area contributed by atoms with Crippen LogP contribution in [0, 0.1) is 0 Å². The van der Waals surface area contributed by atoms with E-state index in [0.717, 1.165) is 16.9 Å². The number of hydrogen-bond donors (Lipinski definition) is 0. The van der Waals surface area contributed by atoms with Gasteiger partial charge in [0.1, 0.15) is 0 Å². The van der Waals surface area contributed by atoms with E-state index in [-0.39, 0.29) is 12.2 Å². The van der Waals surface area contributed by atoms with Crippen molar-refractivity contribution in [2.75, 3.05) is 24.7 Å². The molecule has 0 aromatic carbocycles. The fourth-order valence-electron chi connectivity index (χ4n) is 0.711. The second kappa shape index (κ2) is 5.07. The molecule has 1 aromatic rings. The Morgan fingerprint density at radius 3 is 2.53 bits per heavy atom. The fraction of sp³-hybridized carbons (Fsp3) is 0.750. The highest BCUT2D eigenvalue weighted by molar-refractivity contribution is 8.01. The maximum Gasteiger partial charge on any atom is 0.257 e. The molecule has 7 heteroatoms. The summed E-state index contributed by atoms with van der Waals surface area (Å²) in [6.45, 7) is 1.48. The highest BCUT2D eigenvalue weighted by Crippen LogP contribution is 2.32. The topological polar surface area (TPSA) is 29.0 Å². The highest BCUT2D eigenvalue weighted by atomic mass is 32.2. The summed E-state index contributed by atoms with van der Waals surface area (Å²) in [5.74, 6) is -2.85. The van der Waals surface area contributed by atoms with Crippen LogP contribution in [-0.2, 0) is 0 Å². The van der Waals surface area contributed by atoms with Gasteiger partial charge in [-0.1, -0.05) is 30.0 Å². The van der Waals surface area contributed by atoms with Crippen molar-refractivity contribution in [1.82, 2.24) is 10.2 Å². The van der Waals surface area contributed by atoms with E-state index < -0.39 is 5.92 Å². The highest BCUT2D eigenvalue weighted by Gasteiger charge is 2.26. The molecule has 0 spiro atoms. The molecule has 0 amide bonds. The van der Waals surface area contributed by atoms with Crippen LogP contribution in [0.5, 0.6) is 0 Å². The van der Waals surface area contributed by atoms with E-state index in [0.29, 0.717) is 4.34 Å². The van der Waals surface area contributed by atoms with Crippen LogP contribution in [0.4, 0.5) is 13.9 Å². The van der Waals surface area contributed by atoms with Gasteiger partial charge in [-0.05, 0) is 0 Å². The molecule has 1 aromatic heterocycles. The maximum absolute atomic E-state index is 12.9. The van der Waals surface area contributed by atoms with Crippen molar-refractivity contribution in [2.24, 2.45) is 0 Å². The number of aromatic nitrogens is 2. The van der Waals surface area contributed by atoms with Crippen molar-refractivity contribution in [3.05, 3.63) is 0 Å². The van der Waals surface area contributed by atoms with Gasteiger partial charge in [-0.2, -0.15) is 0 Å². The summed E-state index contributed by atoms with van der Waals surface area (Å²) in [6, 6.07) is 0. The van der Waals surface area contributed by atoms with Crippen molar-refractivity contribution in [2.45, 2.75) is 23.6 Å². The average Bonchev–Trinajstić information content (AvgIpc) is 2.63. The van der Waals surface area contributed by atoms with Crippen molar-refractivity contribution in [1.29, 1.82) is 0 Å². The predicted octanol–water partition coefficient (Wildman–Crippen LogP) is 2.74. The van der Waals surface area contributed by atoms with E-state index in [9.17, 15) is 8.78 Å². The minimum Gasteiger partial charge on any atom is -0.353 e. The monoisotopic (exact) mass is 253 g/mol. The van der Waals surface area contributed by atoms with Gasteiger partial charge in [-0.25, -0.2) is 8.78 Å². The van der Waals surface area contributed by atoms with E-state index >= 15 is 0 Å². The molecule has 0 radical (unpaired) electrons. The number of alkyl halides is 2. The Bertz CT molecular complexity index is 315. The lowest BCUT2D eigenvalue weighted by Gasteiger charge is -2.11. The van der Waals surface area contributed by atoms with Crippen molar-refractivity contribution in [3.8, 4) is 0 Å². The van der Waals surface area contributed by atoms with E-state index in [1.165, 1.54) is 18.3 Å². The van der Waals surface area contributed by atoms with Gasteiger partial charge in [0.2, 0.25) is 5.13 Å². The number of thioether (sulfide) groups is 1. The van der Waals surface area contributed by atoms with Crippen LogP contribution in [0.25, 0.3) is 0 Å². The molecule has 0 aliphatic carbocycles. The zero-order valence-electron chi connectivity index (χ0n) is 8.83. The van der Waals surface area contributed by atoms with Gasteiger partial charge in [-0.15, -0.1) is 10.2 Å². The van der Waals surface area contributed by atoms with Crippen molar-refractivity contribution in [3.63, 3.8) is 0 Å². The summed E-state index contributed by atoms with van der Waals surface area (Å²) in [7, 11) is 3.69. The van der Waals surface area contributed by atoms with Crippen LogP contribution in [0.3, 0.4) is 0 Å². The number of anilines is 1. The second-order valence-corrected chi connectivity index (χ2v) is 5.42. The minimum absolute atomic E-state index is 0.140. The molecule has 0 aliphatic heterocycles. The molecule has 1 heterocycles. The van der Waals surface area contributed by atoms with Crippen LogP contribution in [0.2, 0.25) is 0 Å². The molecule has 15 heavy (non-hydrogen) atoms. The van der Waals surface area contributed by atoms with Gasteiger partial charge in [0.05, 0.1) is 5.75 Å². The smallest absolute Gasteiger partial charge is 0.257 e. The van der Waals surface area contributed by atoms with Gasteiger partial charge in [0, 0.05) is 20.5 Å². The normalized spacial score (nSPS) is 11.8. The Labute approximate surface area is 95.9 Å². The summed E-state index contributed by atoms with van der Waals surface area (Å²) in [5, 5.41) is 8.44. The molecule has 0 aliphatic rings. The third kappa shape index (κ3) is 3.90. The third-order valence-corrected chi connectivity index (χ3v) is 4.09. The van der Waals surface area contributed by atoms with E-state index in [2.05, 4.69) is 10.2 Å². The average molecular weight is 253 g/mol. The molecule has 0 bridgehead atoms. The Balaban J connectivity index is 2.51. The lowest BCUT2D eigenvalue weighted by molar-refractivity contribution is 0.0235. The molecule has 0 atom stereocenters. The zero-order chi connectivity index (χ0) is 11.5. The van der Waals surface area contributed by atoms with Crippen LogP contribution in [0.1, 0.15) is 13.3 Å². The summed E-state index contributed by atoms with van der Waals surface area (Å²) < 4.78 is 26.4. The number of halogens is 2. The molecular weight excluding hydrogens is 240 g/mol. The lowest BCUT2D eigenvalue weighted by Crippen LogP contribution is -2.17. The van der Waals surface area contributed by atoms with Gasteiger partial charge >= 0.3 is 0 Å². The zero-order valence-corrected chi connectivity index (χ0v) is 10.5. The van der Waals surface area contributed by atoms with Crippen LogP contribution < -0.4 is 4.90 Å². The molecular formula is C8H13F2N3S2. The summed E-state index contributed by atoms with van der Waals surface area (Å²) in [4.78, 5) is 1.81. The Morgan fingerprint density at radius 2 is 2.07 bits per heavy atom. The van der Waals surface area contributed by atoms with E-state index in [1.54, 1.807) is 4.90 Å². The van der Waals surface area contributed by atoms with E-state index in [1.807, 2.05) is 14.1 Å². The first-order chi connectivity index (χ1) is 6.94.